The molecule has 1 aliphatic heterocycles. The van der Waals surface area contributed by atoms with Crippen LogP contribution in [0.25, 0.3) is 11.1 Å². The number of anilines is 2. The van der Waals surface area contributed by atoms with Crippen molar-refractivity contribution < 1.29 is 13.2 Å². The van der Waals surface area contributed by atoms with Crippen molar-refractivity contribution in [3.8, 4) is 11.1 Å². The van der Waals surface area contributed by atoms with Gasteiger partial charge in [0.1, 0.15) is 0 Å². The first kappa shape index (κ1) is 22.0. The largest absolute Gasteiger partial charge is 0.397 e. The number of nitrogens with two attached hydrogens (primary N) is 1. The lowest BCUT2D eigenvalue weighted by molar-refractivity contribution is 0.102. The number of piperazine rings is 1. The molecule has 0 atom stereocenters. The molecule has 1 aliphatic rings. The van der Waals surface area contributed by atoms with Crippen molar-refractivity contribution in [2.24, 2.45) is 0 Å². The van der Waals surface area contributed by atoms with E-state index in [9.17, 15) is 13.2 Å². The van der Waals surface area contributed by atoms with Gasteiger partial charge in [-0.25, -0.2) is 8.42 Å². The molecule has 1 amide bonds. The Morgan fingerprint density at radius 1 is 0.875 bits per heavy atom. The highest BCUT2D eigenvalue weighted by Gasteiger charge is 2.27. The zero-order chi connectivity index (χ0) is 22.7. The molecule has 4 rings (SSSR count). The van der Waals surface area contributed by atoms with E-state index in [0.717, 1.165) is 11.1 Å². The molecular formula is C24H26N4O3S. The average Bonchev–Trinajstić information content (AvgIpc) is 2.81. The Morgan fingerprint density at radius 2 is 1.53 bits per heavy atom. The number of amides is 1. The van der Waals surface area contributed by atoms with E-state index in [1.165, 1.54) is 28.6 Å². The standard InChI is InChI=1S/C24H26N4O3S/c1-27-13-15-28(16-14-27)32(30,31)21-10-7-19(8-11-21)24(29)26-23-17-20(9-12-22(23)25)18-5-3-2-4-6-18/h2-12,17H,13-16,25H2,1H3,(H,26,29). The number of hydrogen-bond donors (Lipinski definition) is 2. The lowest BCUT2D eigenvalue weighted by Crippen LogP contribution is -2.47. The first-order chi connectivity index (χ1) is 15.3. The number of likely N-dealkylation sites (N-methyl/N-ethyl adjacent to an activating group) is 1. The van der Waals surface area contributed by atoms with E-state index in [1.807, 2.05) is 49.5 Å². The van der Waals surface area contributed by atoms with Crippen LogP contribution < -0.4 is 11.1 Å². The Morgan fingerprint density at radius 3 is 2.19 bits per heavy atom. The summed E-state index contributed by atoms with van der Waals surface area (Å²) in [7, 11) is -1.60. The Kier molecular flexibility index (Phi) is 6.27. The normalized spacial score (nSPS) is 15.4. The van der Waals surface area contributed by atoms with Gasteiger partial charge in [-0.3, -0.25) is 4.79 Å². The molecule has 3 aromatic carbocycles. The lowest BCUT2D eigenvalue weighted by Gasteiger charge is -2.31. The van der Waals surface area contributed by atoms with Crippen LogP contribution in [0.5, 0.6) is 0 Å². The van der Waals surface area contributed by atoms with E-state index in [-0.39, 0.29) is 10.8 Å². The van der Waals surface area contributed by atoms with Crippen LogP contribution in [0.1, 0.15) is 10.4 Å². The molecule has 0 radical (unpaired) electrons. The lowest BCUT2D eigenvalue weighted by atomic mass is 10.0. The van der Waals surface area contributed by atoms with E-state index in [1.54, 1.807) is 6.07 Å². The summed E-state index contributed by atoms with van der Waals surface area (Å²) in [6.45, 7) is 2.31. The second-order valence-electron chi connectivity index (χ2n) is 7.85. The fourth-order valence-corrected chi connectivity index (χ4v) is 5.05. The molecule has 1 fully saturated rings. The summed E-state index contributed by atoms with van der Waals surface area (Å²) >= 11 is 0. The van der Waals surface area contributed by atoms with Gasteiger partial charge >= 0.3 is 0 Å². The summed E-state index contributed by atoms with van der Waals surface area (Å²) in [5.74, 6) is -0.356. The SMILES string of the molecule is CN1CCN(S(=O)(=O)c2ccc(C(=O)Nc3cc(-c4ccccc4)ccc3N)cc2)CC1. The van der Waals surface area contributed by atoms with Crippen LogP contribution in [-0.4, -0.2) is 56.8 Å². The van der Waals surface area contributed by atoms with Gasteiger partial charge in [0, 0.05) is 31.7 Å². The predicted molar refractivity (Wildman–Crippen MR) is 127 cm³/mol. The van der Waals surface area contributed by atoms with E-state index in [2.05, 4.69) is 10.2 Å². The molecule has 0 aromatic heterocycles. The molecule has 3 aromatic rings. The van der Waals surface area contributed by atoms with Crippen molar-refractivity contribution in [3.05, 3.63) is 78.4 Å². The Hall–Kier alpha value is -3.20. The molecule has 1 saturated heterocycles. The molecule has 32 heavy (non-hydrogen) atoms. The third-order valence-corrected chi connectivity index (χ3v) is 7.54. The molecule has 0 unspecified atom stereocenters. The second-order valence-corrected chi connectivity index (χ2v) is 9.79. The number of rotatable bonds is 5. The van der Waals surface area contributed by atoms with Crippen LogP contribution in [0.3, 0.4) is 0 Å². The van der Waals surface area contributed by atoms with Crippen molar-refractivity contribution in [1.29, 1.82) is 0 Å². The quantitative estimate of drug-likeness (QED) is 0.583. The third kappa shape index (κ3) is 4.67. The summed E-state index contributed by atoms with van der Waals surface area (Å²) in [6, 6.07) is 21.3. The fraction of sp³-hybridized carbons (Fsp3) is 0.208. The molecular weight excluding hydrogens is 424 g/mol. The van der Waals surface area contributed by atoms with Crippen molar-refractivity contribution in [2.75, 3.05) is 44.3 Å². The van der Waals surface area contributed by atoms with Gasteiger partial charge in [0.05, 0.1) is 16.3 Å². The first-order valence-electron chi connectivity index (χ1n) is 10.4. The van der Waals surface area contributed by atoms with Gasteiger partial charge < -0.3 is 16.0 Å². The van der Waals surface area contributed by atoms with Crippen LogP contribution in [0.4, 0.5) is 11.4 Å². The topological polar surface area (TPSA) is 95.7 Å². The summed E-state index contributed by atoms with van der Waals surface area (Å²) in [6.07, 6.45) is 0. The number of nitrogen functional groups attached to an aromatic ring is 1. The van der Waals surface area contributed by atoms with Crippen LogP contribution in [-0.2, 0) is 10.0 Å². The number of carbonyl (C=O) groups is 1. The maximum absolute atomic E-state index is 12.9. The molecule has 3 N–H and O–H groups in total. The van der Waals surface area contributed by atoms with Crippen molar-refractivity contribution in [3.63, 3.8) is 0 Å². The smallest absolute Gasteiger partial charge is 0.255 e. The van der Waals surface area contributed by atoms with E-state index in [0.29, 0.717) is 43.1 Å². The van der Waals surface area contributed by atoms with Gasteiger partial charge in [0.2, 0.25) is 10.0 Å². The molecule has 7 nitrogen and oxygen atoms in total. The fourth-order valence-electron chi connectivity index (χ4n) is 3.62. The van der Waals surface area contributed by atoms with Gasteiger partial charge in [-0.2, -0.15) is 4.31 Å². The van der Waals surface area contributed by atoms with Crippen LogP contribution in [0.2, 0.25) is 0 Å². The molecule has 0 bridgehead atoms. The van der Waals surface area contributed by atoms with E-state index >= 15 is 0 Å². The zero-order valence-electron chi connectivity index (χ0n) is 17.9. The highest BCUT2D eigenvalue weighted by atomic mass is 32.2. The van der Waals surface area contributed by atoms with Gasteiger partial charge in [-0.05, 0) is 54.6 Å². The summed E-state index contributed by atoms with van der Waals surface area (Å²) in [5, 5.41) is 2.83. The number of nitrogens with zero attached hydrogens (tertiary/aromatic N) is 2. The minimum Gasteiger partial charge on any atom is -0.397 e. The van der Waals surface area contributed by atoms with Crippen molar-refractivity contribution >= 4 is 27.3 Å². The molecule has 166 valence electrons. The number of sulfonamides is 1. The van der Waals surface area contributed by atoms with Crippen molar-refractivity contribution in [1.82, 2.24) is 9.21 Å². The highest BCUT2D eigenvalue weighted by molar-refractivity contribution is 7.89. The van der Waals surface area contributed by atoms with Gasteiger partial charge in [0.25, 0.3) is 5.91 Å². The summed E-state index contributed by atoms with van der Waals surface area (Å²) < 4.78 is 27.2. The molecule has 1 heterocycles. The van der Waals surface area contributed by atoms with Crippen LogP contribution in [0.15, 0.2) is 77.7 Å². The van der Waals surface area contributed by atoms with Crippen LogP contribution in [0, 0.1) is 0 Å². The second kappa shape index (κ2) is 9.12. The number of hydrogen-bond acceptors (Lipinski definition) is 5. The Balaban J connectivity index is 1.50. The zero-order valence-corrected chi connectivity index (χ0v) is 18.7. The third-order valence-electron chi connectivity index (χ3n) is 5.63. The monoisotopic (exact) mass is 450 g/mol. The van der Waals surface area contributed by atoms with Gasteiger partial charge in [-0.15, -0.1) is 0 Å². The highest BCUT2D eigenvalue weighted by Crippen LogP contribution is 2.28. The number of nitrogens with one attached hydrogen (secondary N) is 1. The minimum atomic E-state index is -3.57. The average molecular weight is 451 g/mol. The maximum Gasteiger partial charge on any atom is 0.255 e. The van der Waals surface area contributed by atoms with Gasteiger partial charge in [0.15, 0.2) is 0 Å². The number of carbonyl (C=O) groups excluding carboxylic acids is 1. The maximum atomic E-state index is 12.9. The predicted octanol–water partition coefficient (Wildman–Crippen LogP) is 3.12. The van der Waals surface area contributed by atoms with Crippen molar-refractivity contribution in [2.45, 2.75) is 4.90 Å². The Bertz CT molecular complexity index is 1200. The molecule has 0 saturated carbocycles. The molecule has 0 spiro atoms. The summed E-state index contributed by atoms with van der Waals surface area (Å²) in [4.78, 5) is 15.1. The summed E-state index contributed by atoms with van der Waals surface area (Å²) in [5.41, 5.74) is 9.32. The molecule has 8 heteroatoms. The van der Waals surface area contributed by atoms with E-state index < -0.39 is 10.0 Å². The van der Waals surface area contributed by atoms with Gasteiger partial charge in [-0.1, -0.05) is 36.4 Å². The minimum absolute atomic E-state index is 0.184. The molecule has 0 aliphatic carbocycles. The van der Waals surface area contributed by atoms with Crippen LogP contribution >= 0.6 is 0 Å². The Labute approximate surface area is 188 Å². The van der Waals surface area contributed by atoms with E-state index in [4.69, 9.17) is 5.73 Å². The number of benzene rings is 3. The first-order valence-corrected chi connectivity index (χ1v) is 11.8.